The van der Waals surface area contributed by atoms with Crippen LogP contribution in [0.25, 0.3) is 0 Å². The zero-order valence-corrected chi connectivity index (χ0v) is 6.35. The Balaban J connectivity index is 2.98. The quantitative estimate of drug-likeness (QED) is 0.246. The monoisotopic (exact) mass is 144 g/mol. The molecule has 4 nitrogen and oxygen atoms in total. The third-order valence-corrected chi connectivity index (χ3v) is 1.15. The molecular weight excluding hydrogens is 128 g/mol. The molecule has 0 aromatic heterocycles. The maximum Gasteiger partial charge on any atom is 0.185 e. The molecule has 0 amide bonds. The van der Waals surface area contributed by atoms with E-state index in [0.717, 1.165) is 19.4 Å². The first-order valence-electron chi connectivity index (χ1n) is 3.46. The first-order chi connectivity index (χ1) is 4.63. The van der Waals surface area contributed by atoms with Gasteiger partial charge in [0.05, 0.1) is 0 Å². The van der Waals surface area contributed by atoms with Crippen LogP contribution in [0, 0.1) is 5.41 Å². The van der Waals surface area contributed by atoms with Crippen LogP contribution in [-0.4, -0.2) is 18.5 Å². The van der Waals surface area contributed by atoms with Crippen LogP contribution < -0.4 is 16.8 Å². The van der Waals surface area contributed by atoms with Crippen molar-refractivity contribution in [1.29, 1.82) is 5.41 Å². The van der Waals surface area contributed by atoms with Gasteiger partial charge in [0.2, 0.25) is 0 Å². The van der Waals surface area contributed by atoms with Crippen molar-refractivity contribution in [2.45, 2.75) is 25.8 Å². The van der Waals surface area contributed by atoms with Crippen LogP contribution in [0.2, 0.25) is 0 Å². The molecule has 4 heteroatoms. The van der Waals surface area contributed by atoms with Crippen molar-refractivity contribution < 1.29 is 0 Å². The molecule has 0 rings (SSSR count). The SMILES string of the molecule is C[C@@H](N)CCCNC(=N)N. The van der Waals surface area contributed by atoms with Crippen molar-refractivity contribution in [2.24, 2.45) is 11.5 Å². The third-order valence-electron chi connectivity index (χ3n) is 1.15. The minimum absolute atomic E-state index is 0.0321. The summed E-state index contributed by atoms with van der Waals surface area (Å²) in [7, 11) is 0. The van der Waals surface area contributed by atoms with Gasteiger partial charge in [-0.3, -0.25) is 5.41 Å². The van der Waals surface area contributed by atoms with Crippen LogP contribution in [0.15, 0.2) is 0 Å². The molecule has 0 unspecified atom stereocenters. The van der Waals surface area contributed by atoms with Gasteiger partial charge in [-0.1, -0.05) is 0 Å². The Bertz CT molecular complexity index is 99.9. The Kier molecular flexibility index (Phi) is 4.66. The molecule has 0 aromatic rings. The Morgan fingerprint density at radius 2 is 2.30 bits per heavy atom. The second-order valence-corrected chi connectivity index (χ2v) is 2.46. The summed E-state index contributed by atoms with van der Waals surface area (Å²) >= 11 is 0. The summed E-state index contributed by atoms with van der Waals surface area (Å²) in [6.07, 6.45) is 1.94. The minimum atomic E-state index is 0.0321. The number of hydrogen-bond donors (Lipinski definition) is 4. The first-order valence-corrected chi connectivity index (χ1v) is 3.46. The topological polar surface area (TPSA) is 87.9 Å². The maximum absolute atomic E-state index is 6.82. The van der Waals surface area contributed by atoms with Crippen molar-refractivity contribution in [3.05, 3.63) is 0 Å². The van der Waals surface area contributed by atoms with Gasteiger partial charge in [-0.15, -0.1) is 0 Å². The Morgan fingerprint density at radius 3 is 2.70 bits per heavy atom. The van der Waals surface area contributed by atoms with Gasteiger partial charge in [0.15, 0.2) is 5.96 Å². The van der Waals surface area contributed by atoms with E-state index in [1.165, 1.54) is 0 Å². The summed E-state index contributed by atoms with van der Waals surface area (Å²) in [5.41, 5.74) is 10.5. The highest BCUT2D eigenvalue weighted by atomic mass is 15.0. The van der Waals surface area contributed by atoms with E-state index in [9.17, 15) is 0 Å². The smallest absolute Gasteiger partial charge is 0.185 e. The molecule has 0 radical (unpaired) electrons. The predicted octanol–water partition coefficient (Wildman–Crippen LogP) is -0.403. The highest BCUT2D eigenvalue weighted by Gasteiger charge is 1.92. The van der Waals surface area contributed by atoms with Crippen LogP contribution in [-0.2, 0) is 0 Å². The molecule has 6 N–H and O–H groups in total. The van der Waals surface area contributed by atoms with Gasteiger partial charge in [-0.05, 0) is 19.8 Å². The molecule has 0 aliphatic carbocycles. The van der Waals surface area contributed by atoms with Crippen LogP contribution in [0.4, 0.5) is 0 Å². The van der Waals surface area contributed by atoms with Gasteiger partial charge >= 0.3 is 0 Å². The van der Waals surface area contributed by atoms with E-state index in [4.69, 9.17) is 16.9 Å². The lowest BCUT2D eigenvalue weighted by atomic mass is 10.2. The Morgan fingerprint density at radius 1 is 1.70 bits per heavy atom. The average molecular weight is 144 g/mol. The summed E-state index contributed by atoms with van der Waals surface area (Å²) in [6.45, 7) is 2.71. The standard InChI is InChI=1S/C6H16N4/c1-5(7)3-2-4-10-6(8)9/h5H,2-4,7H2,1H3,(H4,8,9,10)/t5-/m1/s1. The van der Waals surface area contributed by atoms with E-state index in [2.05, 4.69) is 5.32 Å². The summed E-state index contributed by atoms with van der Waals surface area (Å²) in [5, 5.41) is 9.52. The minimum Gasteiger partial charge on any atom is -0.370 e. The number of nitrogens with two attached hydrogens (primary N) is 2. The average Bonchev–Trinajstić information content (AvgIpc) is 1.79. The van der Waals surface area contributed by atoms with Crippen LogP contribution in [0.3, 0.4) is 0 Å². The molecule has 0 aliphatic heterocycles. The number of hydrogen-bond acceptors (Lipinski definition) is 2. The second kappa shape index (κ2) is 5.05. The molecule has 60 valence electrons. The fourth-order valence-electron chi connectivity index (χ4n) is 0.647. The number of guanidine groups is 1. The van der Waals surface area contributed by atoms with Gasteiger partial charge in [0, 0.05) is 12.6 Å². The van der Waals surface area contributed by atoms with Gasteiger partial charge in [-0.25, -0.2) is 0 Å². The lowest BCUT2D eigenvalue weighted by Gasteiger charge is -2.05. The summed E-state index contributed by atoms with van der Waals surface area (Å²) in [5.74, 6) is 0.0321. The normalized spacial score (nSPS) is 12.6. The van der Waals surface area contributed by atoms with Crippen LogP contribution in [0.5, 0.6) is 0 Å². The van der Waals surface area contributed by atoms with Gasteiger partial charge in [-0.2, -0.15) is 0 Å². The molecule has 1 atom stereocenters. The fourth-order valence-corrected chi connectivity index (χ4v) is 0.647. The van der Waals surface area contributed by atoms with Crippen molar-refractivity contribution in [3.63, 3.8) is 0 Å². The lowest BCUT2D eigenvalue weighted by Crippen LogP contribution is -2.31. The van der Waals surface area contributed by atoms with Crippen molar-refractivity contribution in [3.8, 4) is 0 Å². The summed E-state index contributed by atoms with van der Waals surface area (Å²) in [4.78, 5) is 0. The van der Waals surface area contributed by atoms with Crippen molar-refractivity contribution in [1.82, 2.24) is 5.32 Å². The molecule has 0 saturated carbocycles. The van der Waals surface area contributed by atoms with Crippen LogP contribution in [0.1, 0.15) is 19.8 Å². The van der Waals surface area contributed by atoms with E-state index in [1.54, 1.807) is 0 Å². The zero-order chi connectivity index (χ0) is 7.98. The molecule has 0 heterocycles. The predicted molar refractivity (Wildman–Crippen MR) is 42.8 cm³/mol. The molecule has 10 heavy (non-hydrogen) atoms. The van der Waals surface area contributed by atoms with E-state index in [-0.39, 0.29) is 12.0 Å². The Labute approximate surface area is 61.5 Å². The second-order valence-electron chi connectivity index (χ2n) is 2.46. The highest BCUT2D eigenvalue weighted by molar-refractivity contribution is 5.74. The fraction of sp³-hybridized carbons (Fsp3) is 0.833. The lowest BCUT2D eigenvalue weighted by molar-refractivity contribution is 0.614. The molecular formula is C6H16N4. The molecule has 0 aromatic carbocycles. The summed E-state index contributed by atoms with van der Waals surface area (Å²) in [6, 6.07) is 0.244. The maximum atomic E-state index is 6.82. The molecule has 0 spiro atoms. The van der Waals surface area contributed by atoms with E-state index < -0.39 is 0 Å². The van der Waals surface area contributed by atoms with E-state index in [1.807, 2.05) is 6.92 Å². The van der Waals surface area contributed by atoms with Crippen LogP contribution >= 0.6 is 0 Å². The molecule has 0 fully saturated rings. The zero-order valence-electron chi connectivity index (χ0n) is 6.35. The van der Waals surface area contributed by atoms with Gasteiger partial charge < -0.3 is 16.8 Å². The van der Waals surface area contributed by atoms with Gasteiger partial charge in [0.25, 0.3) is 0 Å². The number of rotatable bonds is 4. The van der Waals surface area contributed by atoms with Crippen molar-refractivity contribution in [2.75, 3.05) is 6.54 Å². The van der Waals surface area contributed by atoms with Gasteiger partial charge in [0.1, 0.15) is 0 Å². The Hall–Kier alpha value is -0.770. The van der Waals surface area contributed by atoms with Crippen molar-refractivity contribution >= 4 is 5.96 Å². The molecule has 0 saturated heterocycles. The molecule has 0 bridgehead atoms. The van der Waals surface area contributed by atoms with E-state index >= 15 is 0 Å². The highest BCUT2D eigenvalue weighted by Crippen LogP contribution is 1.89. The van der Waals surface area contributed by atoms with E-state index in [0.29, 0.717) is 0 Å². The molecule has 0 aliphatic rings. The largest absolute Gasteiger partial charge is 0.370 e. The third kappa shape index (κ3) is 7.23. The summed E-state index contributed by atoms with van der Waals surface area (Å²) < 4.78 is 0. The number of nitrogens with one attached hydrogen (secondary N) is 2. The first kappa shape index (κ1) is 9.23.